The van der Waals surface area contributed by atoms with Crippen molar-refractivity contribution < 1.29 is 19.0 Å². The normalized spacial score (nSPS) is 15.1. The van der Waals surface area contributed by atoms with Gasteiger partial charge in [0.15, 0.2) is 5.69 Å². The molecule has 0 aliphatic carbocycles. The number of hydrogen-bond donors (Lipinski definition) is 1. The lowest BCUT2D eigenvalue weighted by Gasteiger charge is -2.23. The van der Waals surface area contributed by atoms with Crippen molar-refractivity contribution in [3.05, 3.63) is 65.4 Å². The van der Waals surface area contributed by atoms with Crippen LogP contribution in [0, 0.1) is 17.1 Å². The lowest BCUT2D eigenvalue weighted by Crippen LogP contribution is -2.28. The number of benzene rings is 1. The summed E-state index contributed by atoms with van der Waals surface area (Å²) in [7, 11) is 0. The minimum absolute atomic E-state index is 0.135. The molecule has 1 aliphatic heterocycles. The van der Waals surface area contributed by atoms with E-state index in [4.69, 9.17) is 10.00 Å². The van der Waals surface area contributed by atoms with Crippen LogP contribution in [0.15, 0.2) is 47.8 Å². The number of carbonyl (C=O) groups excluding carboxylic acids is 1. The first-order chi connectivity index (χ1) is 14.5. The van der Waals surface area contributed by atoms with Gasteiger partial charge in [-0.1, -0.05) is 24.8 Å². The van der Waals surface area contributed by atoms with Crippen LogP contribution in [0.3, 0.4) is 0 Å². The van der Waals surface area contributed by atoms with Gasteiger partial charge in [0.25, 0.3) is 0 Å². The molecule has 2 heterocycles. The van der Waals surface area contributed by atoms with Crippen molar-refractivity contribution in [3.63, 3.8) is 0 Å². The van der Waals surface area contributed by atoms with Crippen LogP contribution in [-0.2, 0) is 11.4 Å². The molecule has 1 atom stereocenters. The zero-order chi connectivity index (χ0) is 21.5. The molecule has 8 nitrogen and oxygen atoms in total. The monoisotopic (exact) mass is 409 g/mol. The van der Waals surface area contributed by atoms with Gasteiger partial charge in [0.2, 0.25) is 11.8 Å². The molecule has 30 heavy (non-hydrogen) atoms. The average molecular weight is 409 g/mol. The van der Waals surface area contributed by atoms with Crippen LogP contribution in [0.25, 0.3) is 0 Å². The Morgan fingerprint density at radius 2 is 2.20 bits per heavy atom. The highest BCUT2D eigenvalue weighted by Gasteiger charge is 2.30. The van der Waals surface area contributed by atoms with Crippen LogP contribution in [0.2, 0.25) is 0 Å². The number of halogens is 1. The highest BCUT2D eigenvalue weighted by Crippen LogP contribution is 2.32. The summed E-state index contributed by atoms with van der Waals surface area (Å²) in [5, 5.41) is 23.4. The number of nitrogens with zero attached hydrogens (tertiary/aromatic N) is 5. The number of aliphatic hydroxyl groups is 1. The van der Waals surface area contributed by atoms with Crippen LogP contribution in [0.1, 0.15) is 42.1 Å². The van der Waals surface area contributed by atoms with Gasteiger partial charge in [-0.2, -0.15) is 10.4 Å². The largest absolute Gasteiger partial charge is 0.472 e. The highest BCUT2D eigenvalue weighted by molar-refractivity contribution is 5.80. The maximum atomic E-state index is 14.6. The smallest absolute Gasteiger partial charge is 0.243 e. The third kappa shape index (κ3) is 4.85. The highest BCUT2D eigenvalue weighted by atomic mass is 19.1. The molecule has 0 saturated heterocycles. The Labute approximate surface area is 172 Å². The summed E-state index contributed by atoms with van der Waals surface area (Å²) in [5.41, 5.74) is 1.37. The van der Waals surface area contributed by atoms with E-state index in [9.17, 15) is 14.3 Å². The van der Waals surface area contributed by atoms with Gasteiger partial charge in [-0.3, -0.25) is 4.79 Å². The predicted octanol–water partition coefficient (Wildman–Crippen LogP) is 2.65. The second-order valence-corrected chi connectivity index (χ2v) is 6.66. The van der Waals surface area contributed by atoms with E-state index < -0.39 is 18.5 Å². The topological polar surface area (TPSA) is 112 Å². The molecule has 1 aliphatic rings. The Kier molecular flexibility index (Phi) is 6.83. The maximum Gasteiger partial charge on any atom is 0.243 e. The second kappa shape index (κ2) is 9.71. The maximum absolute atomic E-state index is 14.6. The third-order valence-corrected chi connectivity index (χ3v) is 4.58. The Balaban J connectivity index is 1.54. The van der Waals surface area contributed by atoms with E-state index in [-0.39, 0.29) is 36.1 Å². The predicted molar refractivity (Wildman–Crippen MR) is 106 cm³/mol. The molecule has 0 saturated carbocycles. The molecule has 0 fully saturated rings. The summed E-state index contributed by atoms with van der Waals surface area (Å²) in [5.74, 6) is -0.526. The minimum Gasteiger partial charge on any atom is -0.472 e. The van der Waals surface area contributed by atoms with Crippen molar-refractivity contribution in [1.29, 1.82) is 5.26 Å². The van der Waals surface area contributed by atoms with Crippen LogP contribution in [0.5, 0.6) is 5.88 Å². The van der Waals surface area contributed by atoms with E-state index in [0.717, 1.165) is 0 Å². The SMILES string of the molecule is C=C(CCC(=O)N1N=CCC1c1cccc(CO)c1F)COc1cnc(C#N)cn1. The fourth-order valence-corrected chi connectivity index (χ4v) is 2.99. The van der Waals surface area contributed by atoms with Crippen molar-refractivity contribution in [1.82, 2.24) is 15.0 Å². The van der Waals surface area contributed by atoms with Gasteiger partial charge in [0.1, 0.15) is 18.5 Å². The summed E-state index contributed by atoms with van der Waals surface area (Å²) < 4.78 is 20.0. The second-order valence-electron chi connectivity index (χ2n) is 6.66. The van der Waals surface area contributed by atoms with Gasteiger partial charge >= 0.3 is 0 Å². The molecule has 0 radical (unpaired) electrons. The Morgan fingerprint density at radius 1 is 1.37 bits per heavy atom. The van der Waals surface area contributed by atoms with E-state index in [1.165, 1.54) is 23.5 Å². The fourth-order valence-electron chi connectivity index (χ4n) is 2.99. The molecule has 154 valence electrons. The molecule has 1 aromatic carbocycles. The number of ether oxygens (including phenoxy) is 1. The number of carbonyl (C=O) groups is 1. The summed E-state index contributed by atoms with van der Waals surface area (Å²) in [6.07, 6.45) is 5.12. The minimum atomic E-state index is -0.539. The van der Waals surface area contributed by atoms with E-state index in [0.29, 0.717) is 24.0 Å². The molecule has 0 bridgehead atoms. The molecule has 1 aromatic heterocycles. The number of hydrazone groups is 1. The van der Waals surface area contributed by atoms with Crippen LogP contribution in [0.4, 0.5) is 4.39 Å². The zero-order valence-corrected chi connectivity index (χ0v) is 16.2. The summed E-state index contributed by atoms with van der Waals surface area (Å²) >= 11 is 0. The molecule has 1 N–H and O–H groups in total. The summed E-state index contributed by atoms with van der Waals surface area (Å²) in [6.45, 7) is 3.63. The molecule has 2 aromatic rings. The molecule has 3 rings (SSSR count). The van der Waals surface area contributed by atoms with Crippen LogP contribution < -0.4 is 4.74 Å². The number of rotatable bonds is 8. The molecule has 0 spiro atoms. The van der Waals surface area contributed by atoms with Gasteiger partial charge in [-0.15, -0.1) is 0 Å². The number of nitriles is 1. The molecular weight excluding hydrogens is 389 g/mol. The molecule has 1 amide bonds. The lowest BCUT2D eigenvalue weighted by molar-refractivity contribution is -0.133. The number of hydrogen-bond acceptors (Lipinski definition) is 7. The third-order valence-electron chi connectivity index (χ3n) is 4.58. The lowest BCUT2D eigenvalue weighted by atomic mass is 10.0. The summed E-state index contributed by atoms with van der Waals surface area (Å²) in [4.78, 5) is 20.5. The number of amides is 1. The van der Waals surface area contributed by atoms with Crippen molar-refractivity contribution >= 4 is 12.1 Å². The fraction of sp³-hybridized carbons (Fsp3) is 0.286. The number of aromatic nitrogens is 2. The first kappa shape index (κ1) is 21.1. The van der Waals surface area contributed by atoms with Gasteiger partial charge in [0, 0.05) is 30.2 Å². The van der Waals surface area contributed by atoms with E-state index in [2.05, 4.69) is 21.6 Å². The van der Waals surface area contributed by atoms with Crippen molar-refractivity contribution in [3.8, 4) is 11.9 Å². The van der Waals surface area contributed by atoms with Crippen molar-refractivity contribution in [2.75, 3.05) is 6.61 Å². The van der Waals surface area contributed by atoms with Crippen molar-refractivity contribution in [2.45, 2.75) is 31.9 Å². The van der Waals surface area contributed by atoms with Crippen LogP contribution >= 0.6 is 0 Å². The Morgan fingerprint density at radius 3 is 2.90 bits per heavy atom. The summed E-state index contributed by atoms with van der Waals surface area (Å²) in [6, 6.07) is 6.08. The van der Waals surface area contributed by atoms with E-state index in [1.54, 1.807) is 18.3 Å². The number of aliphatic hydroxyl groups excluding tert-OH is 1. The molecular formula is C21H20FN5O3. The standard InChI is InChI=1S/C21H20FN5O3/c1-14(13-30-19-11-24-16(9-23)10-25-19)5-6-20(29)27-18(7-8-26-27)17-4-2-3-15(12-28)21(17)22/h2-4,8,10-11,18,28H,1,5-7,12-13H2. The zero-order valence-electron chi connectivity index (χ0n) is 16.2. The molecule has 9 heteroatoms. The molecule has 1 unspecified atom stereocenters. The average Bonchev–Trinajstić information content (AvgIpc) is 3.26. The van der Waals surface area contributed by atoms with Gasteiger partial charge in [0.05, 0.1) is 25.0 Å². The van der Waals surface area contributed by atoms with Crippen LogP contribution in [-0.4, -0.2) is 38.8 Å². The van der Waals surface area contributed by atoms with E-state index in [1.807, 2.05) is 6.07 Å². The quantitative estimate of drug-likeness (QED) is 0.671. The van der Waals surface area contributed by atoms with Gasteiger partial charge < -0.3 is 9.84 Å². The Hall–Kier alpha value is -3.64. The van der Waals surface area contributed by atoms with E-state index >= 15 is 0 Å². The van der Waals surface area contributed by atoms with Gasteiger partial charge in [-0.25, -0.2) is 19.4 Å². The van der Waals surface area contributed by atoms with Gasteiger partial charge in [-0.05, 0) is 12.0 Å². The first-order valence-electron chi connectivity index (χ1n) is 9.27. The Bertz CT molecular complexity index is 1000. The first-order valence-corrected chi connectivity index (χ1v) is 9.27. The van der Waals surface area contributed by atoms with Crippen molar-refractivity contribution in [2.24, 2.45) is 5.10 Å².